The fourth-order valence-electron chi connectivity index (χ4n) is 4.76. The molecule has 0 saturated carbocycles. The Labute approximate surface area is 235 Å². The van der Waals surface area contributed by atoms with Gasteiger partial charge in [-0.25, -0.2) is 4.68 Å². The number of halogens is 3. The maximum Gasteiger partial charge on any atom is 0.274 e. The third-order valence-corrected chi connectivity index (χ3v) is 6.84. The van der Waals surface area contributed by atoms with Gasteiger partial charge in [0.05, 0.1) is 17.6 Å². The van der Waals surface area contributed by atoms with E-state index in [4.69, 9.17) is 21.4 Å². The molecule has 0 unspecified atom stereocenters. The summed E-state index contributed by atoms with van der Waals surface area (Å²) in [6, 6.07) is 15.7. The van der Waals surface area contributed by atoms with E-state index in [2.05, 4.69) is 10.2 Å². The Morgan fingerprint density at radius 3 is 2.59 bits per heavy atom. The van der Waals surface area contributed by atoms with Gasteiger partial charge in [-0.3, -0.25) is 14.5 Å². The van der Waals surface area contributed by atoms with E-state index in [0.717, 1.165) is 49.0 Å². The van der Waals surface area contributed by atoms with E-state index in [1.807, 2.05) is 48.5 Å². The summed E-state index contributed by atoms with van der Waals surface area (Å²) in [5.74, 6) is 0.0528. The van der Waals surface area contributed by atoms with Gasteiger partial charge in [-0.1, -0.05) is 41.9 Å². The number of rotatable bonds is 11. The van der Waals surface area contributed by atoms with Gasteiger partial charge >= 0.3 is 0 Å². The first-order valence-electron chi connectivity index (χ1n) is 12.3. The Bertz CT molecular complexity index is 1200. The smallest absolute Gasteiger partial charge is 0.274 e. The molecule has 202 valence electrons. The van der Waals surface area contributed by atoms with Gasteiger partial charge in [0, 0.05) is 56.1 Å². The molecule has 0 bridgehead atoms. The fraction of sp³-hybridized carbons (Fsp3) is 0.444. The lowest BCUT2D eigenvalue weighted by atomic mass is 10.0. The zero-order valence-corrected chi connectivity index (χ0v) is 23.4. The first-order valence-corrected chi connectivity index (χ1v) is 12.7. The molecule has 37 heavy (non-hydrogen) atoms. The van der Waals surface area contributed by atoms with Crippen molar-refractivity contribution < 1.29 is 9.53 Å². The molecule has 1 amide bonds. The van der Waals surface area contributed by atoms with Gasteiger partial charge in [0.25, 0.3) is 5.56 Å². The molecule has 0 spiro atoms. The molecule has 4 rings (SSSR count). The van der Waals surface area contributed by atoms with Gasteiger partial charge in [-0.15, -0.1) is 24.8 Å². The number of carbonyl (C=O) groups excluding carboxylic acids is 1. The van der Waals surface area contributed by atoms with Crippen molar-refractivity contribution in [3.8, 4) is 0 Å². The normalized spacial score (nSPS) is 15.2. The predicted molar refractivity (Wildman–Crippen MR) is 153 cm³/mol. The molecule has 2 aromatic carbocycles. The van der Waals surface area contributed by atoms with E-state index >= 15 is 0 Å². The largest absolute Gasteiger partial charge is 0.385 e. The first-order chi connectivity index (χ1) is 17.0. The number of hydrogen-bond acceptors (Lipinski definition) is 5. The van der Waals surface area contributed by atoms with E-state index < -0.39 is 0 Å². The molecule has 3 aromatic rings. The molecule has 0 radical (unpaired) electrons. The zero-order chi connectivity index (χ0) is 24.6. The Hall–Kier alpha value is -2.16. The SMILES string of the molecule is COCCCC(=O)NCCN1CCC[C@@H]1Cn1nc(Cc2ccc(Cl)cc2)c2ccccc2c1=O.Cl.Cl. The third-order valence-electron chi connectivity index (χ3n) is 6.59. The van der Waals surface area contributed by atoms with E-state index in [-0.39, 0.29) is 42.3 Å². The van der Waals surface area contributed by atoms with Crippen LogP contribution >= 0.6 is 36.4 Å². The minimum Gasteiger partial charge on any atom is -0.385 e. The number of nitrogens with zero attached hydrogens (tertiary/aromatic N) is 3. The van der Waals surface area contributed by atoms with E-state index in [1.54, 1.807) is 11.8 Å². The molecule has 10 heteroatoms. The Kier molecular flexibility index (Phi) is 12.8. The molecule has 1 aliphatic heterocycles. The number of nitrogens with one attached hydrogen (secondary N) is 1. The van der Waals surface area contributed by atoms with Gasteiger partial charge in [0.2, 0.25) is 5.91 Å². The van der Waals surface area contributed by atoms with Crippen LogP contribution in [0, 0.1) is 0 Å². The van der Waals surface area contributed by atoms with Crippen molar-refractivity contribution in [2.75, 3.05) is 33.4 Å². The summed E-state index contributed by atoms with van der Waals surface area (Å²) >= 11 is 6.05. The summed E-state index contributed by atoms with van der Waals surface area (Å²) < 4.78 is 6.64. The number of aromatic nitrogens is 2. The van der Waals surface area contributed by atoms with Crippen molar-refractivity contribution in [3.63, 3.8) is 0 Å². The lowest BCUT2D eigenvalue weighted by molar-refractivity contribution is -0.121. The number of ether oxygens (including phenoxy) is 1. The maximum atomic E-state index is 13.3. The summed E-state index contributed by atoms with van der Waals surface area (Å²) in [4.78, 5) is 27.6. The van der Waals surface area contributed by atoms with Crippen LogP contribution in [0.1, 0.15) is 36.9 Å². The number of methoxy groups -OCH3 is 1. The molecule has 1 aliphatic rings. The average Bonchev–Trinajstić information content (AvgIpc) is 3.30. The molecule has 7 nitrogen and oxygen atoms in total. The second-order valence-electron chi connectivity index (χ2n) is 9.06. The van der Waals surface area contributed by atoms with Gasteiger partial charge in [0.1, 0.15) is 0 Å². The molecule has 1 saturated heterocycles. The van der Waals surface area contributed by atoms with Crippen molar-refractivity contribution in [1.82, 2.24) is 20.0 Å². The van der Waals surface area contributed by atoms with Crippen LogP contribution in [-0.4, -0.2) is 60.0 Å². The molecule has 1 fully saturated rings. The number of carbonyl (C=O) groups is 1. The number of fused-ring (bicyclic) bond motifs is 1. The quantitative estimate of drug-likeness (QED) is 0.344. The van der Waals surface area contributed by atoms with Crippen LogP contribution in [0.5, 0.6) is 0 Å². The summed E-state index contributed by atoms with van der Waals surface area (Å²) in [7, 11) is 1.64. The van der Waals surface area contributed by atoms with Gasteiger partial charge < -0.3 is 10.1 Å². The number of likely N-dealkylation sites (tertiary alicyclic amines) is 1. The standard InChI is InChI=1S/C27H33ClN4O3.2ClH/c1-35-17-5-9-26(33)29-14-16-31-15-4-6-22(31)19-32-27(34)24-8-3-2-7-23(24)25(30-32)18-20-10-12-21(28)13-11-20;;/h2-3,7-8,10-13,22H,4-6,9,14-19H2,1H3,(H,29,33);2*1H/t22-;;/m1../s1. The summed E-state index contributed by atoms with van der Waals surface area (Å²) in [6.45, 7) is 3.46. The Morgan fingerprint density at radius 2 is 1.86 bits per heavy atom. The van der Waals surface area contributed by atoms with Crippen molar-refractivity contribution in [2.24, 2.45) is 0 Å². The van der Waals surface area contributed by atoms with Crippen molar-refractivity contribution in [2.45, 2.75) is 44.7 Å². The summed E-state index contributed by atoms with van der Waals surface area (Å²) in [5.41, 5.74) is 1.93. The lowest BCUT2D eigenvalue weighted by Gasteiger charge is -2.25. The van der Waals surface area contributed by atoms with E-state index in [9.17, 15) is 9.59 Å². The number of hydrogen-bond donors (Lipinski definition) is 1. The zero-order valence-electron chi connectivity index (χ0n) is 21.0. The highest BCUT2D eigenvalue weighted by atomic mass is 35.5. The van der Waals surface area contributed by atoms with Gasteiger partial charge in [-0.2, -0.15) is 5.10 Å². The fourth-order valence-corrected chi connectivity index (χ4v) is 4.88. The predicted octanol–water partition coefficient (Wildman–Crippen LogP) is 4.49. The molecule has 1 aromatic heterocycles. The van der Waals surface area contributed by atoms with Gasteiger partial charge in [-0.05, 0) is 49.6 Å². The van der Waals surface area contributed by atoms with E-state index in [0.29, 0.717) is 42.9 Å². The topological polar surface area (TPSA) is 76.5 Å². The van der Waals surface area contributed by atoms with Crippen LogP contribution in [-0.2, 0) is 22.5 Å². The lowest BCUT2D eigenvalue weighted by Crippen LogP contribution is -2.41. The van der Waals surface area contributed by atoms with Crippen molar-refractivity contribution in [1.29, 1.82) is 0 Å². The van der Waals surface area contributed by atoms with Crippen LogP contribution in [0.25, 0.3) is 10.8 Å². The highest BCUT2D eigenvalue weighted by molar-refractivity contribution is 6.30. The van der Waals surface area contributed by atoms with Gasteiger partial charge in [0.15, 0.2) is 0 Å². The van der Waals surface area contributed by atoms with Crippen LogP contribution in [0.2, 0.25) is 5.02 Å². The minimum atomic E-state index is -0.0567. The molecule has 2 heterocycles. The first kappa shape index (κ1) is 31.1. The average molecular weight is 570 g/mol. The molecular weight excluding hydrogens is 535 g/mol. The highest BCUT2D eigenvalue weighted by Gasteiger charge is 2.26. The van der Waals surface area contributed by atoms with Crippen LogP contribution in [0.4, 0.5) is 0 Å². The Balaban J connectivity index is 0.00000241. The molecule has 0 aliphatic carbocycles. The second-order valence-corrected chi connectivity index (χ2v) is 9.50. The summed E-state index contributed by atoms with van der Waals surface area (Å²) in [6.07, 6.45) is 3.91. The van der Waals surface area contributed by atoms with Crippen LogP contribution in [0.3, 0.4) is 0 Å². The summed E-state index contributed by atoms with van der Waals surface area (Å²) in [5, 5.41) is 10.1. The maximum absolute atomic E-state index is 13.3. The van der Waals surface area contributed by atoms with Crippen LogP contribution in [0.15, 0.2) is 53.3 Å². The molecule has 1 N–H and O–H groups in total. The second kappa shape index (κ2) is 15.3. The molecule has 1 atom stereocenters. The number of benzene rings is 2. The van der Waals surface area contributed by atoms with Crippen molar-refractivity contribution in [3.05, 3.63) is 75.2 Å². The highest BCUT2D eigenvalue weighted by Crippen LogP contribution is 2.21. The molecular formula is C27H35Cl3N4O3. The number of amides is 1. The van der Waals surface area contributed by atoms with Crippen molar-refractivity contribution >= 4 is 53.1 Å². The third kappa shape index (κ3) is 8.42. The van der Waals surface area contributed by atoms with E-state index in [1.165, 1.54) is 0 Å². The monoisotopic (exact) mass is 568 g/mol. The minimum absolute atomic E-state index is 0. The van der Waals surface area contributed by atoms with Crippen LogP contribution < -0.4 is 10.9 Å². The Morgan fingerprint density at radius 1 is 1.14 bits per heavy atom.